The molecule has 0 heterocycles. The lowest BCUT2D eigenvalue weighted by atomic mass is 10.2. The molecular weight excluding hydrogens is 492 g/mol. The maximum atomic E-state index is 12.6. The highest BCUT2D eigenvalue weighted by atomic mass is 35.5. The Labute approximate surface area is 209 Å². The average Bonchev–Trinajstić information content (AvgIpc) is 2.82. The number of hydrogen-bond acceptors (Lipinski definition) is 6. The van der Waals surface area contributed by atoms with E-state index in [2.05, 4.69) is 5.32 Å². The summed E-state index contributed by atoms with van der Waals surface area (Å²) in [5, 5.41) is 2.70. The van der Waals surface area contributed by atoms with Crippen LogP contribution in [0.5, 0.6) is 5.75 Å². The fourth-order valence-electron chi connectivity index (χ4n) is 3.15. The molecule has 0 saturated carbocycles. The first-order chi connectivity index (χ1) is 16.7. The Hall–Kier alpha value is -3.56. The Morgan fingerprint density at radius 3 is 2.29 bits per heavy atom. The van der Waals surface area contributed by atoms with Crippen LogP contribution in [-0.2, 0) is 26.2 Å². The second-order valence-corrected chi connectivity index (χ2v) is 9.82. The molecule has 0 saturated heterocycles. The van der Waals surface area contributed by atoms with Crippen molar-refractivity contribution < 1.29 is 27.5 Å². The number of sulfonamides is 1. The maximum Gasteiger partial charge on any atom is 0.339 e. The molecular formula is C25H25ClN2O6S. The van der Waals surface area contributed by atoms with Crippen LogP contribution in [0.4, 0.5) is 11.4 Å². The van der Waals surface area contributed by atoms with E-state index in [0.29, 0.717) is 23.7 Å². The average molecular weight is 517 g/mol. The van der Waals surface area contributed by atoms with Gasteiger partial charge < -0.3 is 14.8 Å². The Balaban J connectivity index is 1.67. The molecule has 10 heteroatoms. The third-order valence-electron chi connectivity index (χ3n) is 4.81. The third-order valence-corrected chi connectivity index (χ3v) is 6.26. The summed E-state index contributed by atoms with van der Waals surface area (Å²) in [7, 11) is -3.76. The van der Waals surface area contributed by atoms with E-state index in [4.69, 9.17) is 21.1 Å². The monoisotopic (exact) mass is 516 g/mol. The van der Waals surface area contributed by atoms with E-state index in [1.54, 1.807) is 31.2 Å². The first kappa shape index (κ1) is 26.1. The van der Waals surface area contributed by atoms with Gasteiger partial charge in [-0.05, 0) is 55.0 Å². The number of hydrogen-bond donors (Lipinski definition) is 1. The molecule has 0 aliphatic carbocycles. The molecule has 0 fully saturated rings. The van der Waals surface area contributed by atoms with E-state index in [0.717, 1.165) is 16.1 Å². The second-order valence-electron chi connectivity index (χ2n) is 7.50. The summed E-state index contributed by atoms with van der Waals surface area (Å²) in [6, 6.07) is 20.4. The van der Waals surface area contributed by atoms with E-state index >= 15 is 0 Å². The molecule has 3 aromatic rings. The first-order valence-corrected chi connectivity index (χ1v) is 12.9. The molecule has 0 unspecified atom stereocenters. The number of anilines is 2. The Morgan fingerprint density at radius 2 is 1.69 bits per heavy atom. The van der Waals surface area contributed by atoms with Gasteiger partial charge in [0.2, 0.25) is 15.9 Å². The van der Waals surface area contributed by atoms with Gasteiger partial charge in [-0.25, -0.2) is 13.2 Å². The zero-order valence-electron chi connectivity index (χ0n) is 19.2. The predicted molar refractivity (Wildman–Crippen MR) is 135 cm³/mol. The number of benzene rings is 3. The van der Waals surface area contributed by atoms with Crippen LogP contribution in [0.25, 0.3) is 0 Å². The quantitative estimate of drug-likeness (QED) is 0.398. The lowest BCUT2D eigenvalue weighted by Crippen LogP contribution is -2.37. The van der Waals surface area contributed by atoms with Crippen molar-refractivity contribution in [2.24, 2.45) is 0 Å². The summed E-state index contributed by atoms with van der Waals surface area (Å²) in [6.45, 7) is 1.80. The number of carbonyl (C=O) groups excluding carboxylic acids is 2. The summed E-state index contributed by atoms with van der Waals surface area (Å²) >= 11 is 6.13. The van der Waals surface area contributed by atoms with Gasteiger partial charge in [0.25, 0.3) is 0 Å². The molecule has 0 atom stereocenters. The Morgan fingerprint density at radius 1 is 1.00 bits per heavy atom. The second kappa shape index (κ2) is 11.7. The van der Waals surface area contributed by atoms with Crippen LogP contribution in [0.1, 0.15) is 22.8 Å². The third kappa shape index (κ3) is 7.46. The van der Waals surface area contributed by atoms with Gasteiger partial charge in [-0.3, -0.25) is 9.10 Å². The van der Waals surface area contributed by atoms with E-state index in [1.165, 1.54) is 18.2 Å². The van der Waals surface area contributed by atoms with Gasteiger partial charge in [0.05, 0.1) is 29.1 Å². The van der Waals surface area contributed by atoms with Gasteiger partial charge in [0, 0.05) is 5.69 Å². The highest BCUT2D eigenvalue weighted by Crippen LogP contribution is 2.24. The van der Waals surface area contributed by atoms with Gasteiger partial charge >= 0.3 is 5.97 Å². The fourth-order valence-corrected chi connectivity index (χ4v) is 4.26. The maximum absolute atomic E-state index is 12.6. The van der Waals surface area contributed by atoms with Crippen LogP contribution >= 0.6 is 11.6 Å². The van der Waals surface area contributed by atoms with Gasteiger partial charge in [-0.2, -0.15) is 0 Å². The highest BCUT2D eigenvalue weighted by Gasteiger charge is 2.21. The molecule has 0 aliphatic heterocycles. The molecule has 184 valence electrons. The molecule has 0 radical (unpaired) electrons. The minimum atomic E-state index is -3.76. The van der Waals surface area contributed by atoms with E-state index in [9.17, 15) is 18.0 Å². The smallest absolute Gasteiger partial charge is 0.339 e. The number of nitrogens with one attached hydrogen (secondary N) is 1. The molecule has 0 aliphatic rings. The van der Waals surface area contributed by atoms with Crippen molar-refractivity contribution in [3.05, 3.63) is 88.9 Å². The zero-order valence-corrected chi connectivity index (χ0v) is 20.8. The number of nitrogens with zero attached hydrogens (tertiary/aromatic N) is 1. The van der Waals surface area contributed by atoms with Crippen molar-refractivity contribution >= 4 is 44.9 Å². The van der Waals surface area contributed by atoms with Crippen molar-refractivity contribution in [3.8, 4) is 5.75 Å². The topological polar surface area (TPSA) is 102 Å². The number of halogens is 1. The zero-order chi connectivity index (χ0) is 25.4. The normalized spacial score (nSPS) is 10.9. The summed E-state index contributed by atoms with van der Waals surface area (Å²) in [5.41, 5.74) is 1.79. The van der Waals surface area contributed by atoms with E-state index in [1.807, 2.05) is 30.3 Å². The molecule has 3 aromatic carbocycles. The fraction of sp³-hybridized carbons (Fsp3) is 0.200. The molecule has 8 nitrogen and oxygen atoms in total. The summed E-state index contributed by atoms with van der Waals surface area (Å²) in [4.78, 5) is 24.5. The van der Waals surface area contributed by atoms with Crippen molar-refractivity contribution in [1.29, 1.82) is 0 Å². The molecule has 3 rings (SSSR count). The minimum Gasteiger partial charge on any atom is -0.489 e. The molecule has 0 aromatic heterocycles. The van der Waals surface area contributed by atoms with Crippen molar-refractivity contribution in [2.75, 3.05) is 29.0 Å². The number of carbonyl (C=O) groups is 2. The number of ether oxygens (including phenoxy) is 2. The van der Waals surface area contributed by atoms with Crippen LogP contribution in [-0.4, -0.2) is 39.7 Å². The lowest BCUT2D eigenvalue weighted by Gasteiger charge is -2.22. The standard InChI is InChI=1S/C25H25ClN2O6S/c1-3-33-25(30)22-14-9-19(15-23(22)26)27-24(29)16-28(35(2,31)32)20-10-12-21(13-11-20)34-17-18-7-5-4-6-8-18/h4-15H,3,16-17H2,1-2H3,(H,27,29). The number of esters is 1. The first-order valence-electron chi connectivity index (χ1n) is 10.7. The molecule has 1 N–H and O–H groups in total. The summed E-state index contributed by atoms with van der Waals surface area (Å²) < 4.78 is 36.4. The van der Waals surface area contributed by atoms with Gasteiger partial charge in [0.15, 0.2) is 0 Å². The van der Waals surface area contributed by atoms with Gasteiger partial charge in [-0.1, -0.05) is 41.9 Å². The molecule has 0 bridgehead atoms. The molecule has 1 amide bonds. The van der Waals surface area contributed by atoms with Crippen LogP contribution in [0.2, 0.25) is 5.02 Å². The van der Waals surface area contributed by atoms with E-state index < -0.39 is 28.4 Å². The van der Waals surface area contributed by atoms with Crippen molar-refractivity contribution in [1.82, 2.24) is 0 Å². The van der Waals surface area contributed by atoms with E-state index in [-0.39, 0.29) is 17.2 Å². The lowest BCUT2D eigenvalue weighted by molar-refractivity contribution is -0.114. The Bertz CT molecular complexity index is 1280. The predicted octanol–water partition coefficient (Wildman–Crippen LogP) is 4.50. The largest absolute Gasteiger partial charge is 0.489 e. The van der Waals surface area contributed by atoms with Gasteiger partial charge in [0.1, 0.15) is 18.9 Å². The summed E-state index contributed by atoms with van der Waals surface area (Å²) in [5.74, 6) is -0.596. The van der Waals surface area contributed by atoms with Crippen molar-refractivity contribution in [3.63, 3.8) is 0 Å². The number of rotatable bonds is 10. The van der Waals surface area contributed by atoms with Crippen LogP contribution in [0.15, 0.2) is 72.8 Å². The SMILES string of the molecule is CCOC(=O)c1ccc(NC(=O)CN(c2ccc(OCc3ccccc3)cc2)S(C)(=O)=O)cc1Cl. The molecule has 0 spiro atoms. The number of amides is 1. The minimum absolute atomic E-state index is 0.104. The Kier molecular flexibility index (Phi) is 8.73. The molecule has 35 heavy (non-hydrogen) atoms. The van der Waals surface area contributed by atoms with Crippen LogP contribution in [0, 0.1) is 0 Å². The van der Waals surface area contributed by atoms with Crippen LogP contribution in [0.3, 0.4) is 0 Å². The highest BCUT2D eigenvalue weighted by molar-refractivity contribution is 7.92. The van der Waals surface area contributed by atoms with Crippen LogP contribution < -0.4 is 14.4 Å². The van der Waals surface area contributed by atoms with Crippen molar-refractivity contribution in [2.45, 2.75) is 13.5 Å². The van der Waals surface area contributed by atoms with Gasteiger partial charge in [-0.15, -0.1) is 0 Å². The summed E-state index contributed by atoms with van der Waals surface area (Å²) in [6.07, 6.45) is 1.02.